The largest absolute Gasteiger partial charge is 0.397 e. The lowest BCUT2D eigenvalue weighted by molar-refractivity contribution is -0.153. The fraction of sp³-hybridized carbons (Fsp3) is 0.533. The van der Waals surface area contributed by atoms with Crippen LogP contribution in [0, 0.1) is 5.82 Å². The van der Waals surface area contributed by atoms with E-state index in [0.717, 1.165) is 0 Å². The smallest absolute Gasteiger partial charge is 0.393 e. The van der Waals surface area contributed by atoms with Crippen LogP contribution in [0.2, 0.25) is 0 Å². The normalized spacial score (nSPS) is 16.5. The highest BCUT2D eigenvalue weighted by Crippen LogP contribution is 2.24. The van der Waals surface area contributed by atoms with Gasteiger partial charge in [-0.2, -0.15) is 13.2 Å². The van der Waals surface area contributed by atoms with Crippen molar-refractivity contribution in [1.29, 1.82) is 0 Å². The molecule has 1 amide bonds. The predicted molar refractivity (Wildman–Crippen MR) is 76.4 cm³/mol. The lowest BCUT2D eigenvalue weighted by Crippen LogP contribution is -2.36. The highest BCUT2D eigenvalue weighted by atomic mass is 19.4. The number of nitrogens with zero attached hydrogens (tertiary/aromatic N) is 1. The monoisotopic (exact) mass is 334 g/mol. The zero-order valence-electron chi connectivity index (χ0n) is 12.4. The molecule has 0 bridgehead atoms. The van der Waals surface area contributed by atoms with Gasteiger partial charge in [0.05, 0.1) is 11.8 Å². The molecular weight excluding hydrogens is 316 g/mol. The van der Waals surface area contributed by atoms with Crippen LogP contribution in [0.15, 0.2) is 18.2 Å². The zero-order valence-corrected chi connectivity index (χ0v) is 12.4. The van der Waals surface area contributed by atoms with Crippen molar-refractivity contribution >= 4 is 11.6 Å². The van der Waals surface area contributed by atoms with Crippen LogP contribution in [0.25, 0.3) is 0 Å². The van der Waals surface area contributed by atoms with Crippen molar-refractivity contribution in [3.8, 4) is 0 Å². The third-order valence-electron chi connectivity index (χ3n) is 3.67. The molecule has 0 aliphatic carbocycles. The molecule has 0 unspecified atom stereocenters. The van der Waals surface area contributed by atoms with Crippen LogP contribution in [0.5, 0.6) is 0 Å². The summed E-state index contributed by atoms with van der Waals surface area (Å²) in [5, 5.41) is 11.6. The van der Waals surface area contributed by atoms with Crippen LogP contribution >= 0.6 is 0 Å². The number of hydrogen-bond donors (Lipinski definition) is 2. The molecular formula is C15H18F4N2O2. The van der Waals surface area contributed by atoms with Gasteiger partial charge in [-0.15, -0.1) is 0 Å². The number of carbonyl (C=O) groups is 1. The highest BCUT2D eigenvalue weighted by molar-refractivity contribution is 5.76. The molecule has 23 heavy (non-hydrogen) atoms. The van der Waals surface area contributed by atoms with Crippen molar-refractivity contribution in [3.63, 3.8) is 0 Å². The molecule has 128 valence electrons. The van der Waals surface area contributed by atoms with Gasteiger partial charge in [-0.05, 0) is 30.5 Å². The van der Waals surface area contributed by atoms with E-state index >= 15 is 0 Å². The third-order valence-corrected chi connectivity index (χ3v) is 3.67. The van der Waals surface area contributed by atoms with Gasteiger partial charge in [0.25, 0.3) is 0 Å². The summed E-state index contributed by atoms with van der Waals surface area (Å²) in [6, 6.07) is 4.31. The van der Waals surface area contributed by atoms with Crippen molar-refractivity contribution in [2.45, 2.75) is 38.1 Å². The van der Waals surface area contributed by atoms with E-state index in [4.69, 9.17) is 0 Å². The second kappa shape index (κ2) is 7.16. The molecule has 0 aromatic heterocycles. The lowest BCUT2D eigenvalue weighted by atomic mass is 10.1. The summed E-state index contributed by atoms with van der Waals surface area (Å²) in [7, 11) is 0. The molecule has 1 aromatic carbocycles. The van der Waals surface area contributed by atoms with E-state index in [1.807, 2.05) is 4.90 Å². The van der Waals surface area contributed by atoms with Crippen molar-refractivity contribution in [2.75, 3.05) is 18.0 Å². The van der Waals surface area contributed by atoms with Crippen molar-refractivity contribution in [1.82, 2.24) is 5.32 Å². The van der Waals surface area contributed by atoms with E-state index in [0.29, 0.717) is 37.2 Å². The number of rotatable bonds is 4. The molecule has 1 saturated heterocycles. The molecule has 0 radical (unpaired) electrons. The topological polar surface area (TPSA) is 52.6 Å². The SMILES string of the molecule is O=C(CC(F)(F)F)NCc1ccc(N2CCC(O)CC2)c(F)c1. The molecule has 0 spiro atoms. The summed E-state index contributed by atoms with van der Waals surface area (Å²) >= 11 is 0. The average Bonchev–Trinajstić information content (AvgIpc) is 2.45. The number of alkyl halides is 3. The van der Waals surface area contributed by atoms with Crippen molar-refractivity contribution < 1.29 is 27.5 Å². The zero-order chi connectivity index (χ0) is 17.0. The molecule has 0 saturated carbocycles. The van der Waals surface area contributed by atoms with Gasteiger partial charge >= 0.3 is 6.18 Å². The number of aliphatic hydroxyl groups is 1. The van der Waals surface area contributed by atoms with Crippen LogP contribution < -0.4 is 10.2 Å². The molecule has 1 heterocycles. The Bertz CT molecular complexity index is 555. The molecule has 4 nitrogen and oxygen atoms in total. The number of anilines is 1. The van der Waals surface area contributed by atoms with Gasteiger partial charge in [0.1, 0.15) is 12.2 Å². The number of benzene rings is 1. The maximum atomic E-state index is 14.1. The quantitative estimate of drug-likeness (QED) is 0.831. The van der Waals surface area contributed by atoms with Gasteiger partial charge in [-0.25, -0.2) is 4.39 Å². The second-order valence-corrected chi connectivity index (χ2v) is 5.57. The standard InChI is InChI=1S/C15H18F4N2O2/c16-12-7-10(9-20-14(23)8-15(17,18)19)1-2-13(12)21-5-3-11(22)4-6-21/h1-2,7,11,22H,3-6,8-9H2,(H,20,23). The number of carbonyl (C=O) groups excluding carboxylic acids is 1. The Labute approximate surface area is 131 Å². The van der Waals surface area contributed by atoms with E-state index in [9.17, 15) is 27.5 Å². The Balaban J connectivity index is 1.93. The van der Waals surface area contributed by atoms with Gasteiger partial charge in [0, 0.05) is 19.6 Å². The Kier molecular flexibility index (Phi) is 5.46. The molecule has 1 aliphatic heterocycles. The van der Waals surface area contributed by atoms with Crippen molar-refractivity contribution in [3.05, 3.63) is 29.6 Å². The summed E-state index contributed by atoms with van der Waals surface area (Å²) in [5.41, 5.74) is 0.779. The molecule has 1 aromatic rings. The van der Waals surface area contributed by atoms with E-state index in [2.05, 4.69) is 5.32 Å². The number of amides is 1. The van der Waals surface area contributed by atoms with Gasteiger partial charge in [-0.3, -0.25) is 4.79 Å². The minimum Gasteiger partial charge on any atom is -0.393 e. The highest BCUT2D eigenvalue weighted by Gasteiger charge is 2.31. The van der Waals surface area contributed by atoms with Gasteiger partial charge in [0.2, 0.25) is 5.91 Å². The maximum Gasteiger partial charge on any atom is 0.397 e. The van der Waals surface area contributed by atoms with E-state index in [-0.39, 0.29) is 12.6 Å². The summed E-state index contributed by atoms with van der Waals surface area (Å²) in [6.45, 7) is 0.921. The van der Waals surface area contributed by atoms with Gasteiger partial charge in [0.15, 0.2) is 0 Å². The summed E-state index contributed by atoms with van der Waals surface area (Å²) in [6.07, 6.45) is -5.34. The Morgan fingerprint density at radius 2 is 1.96 bits per heavy atom. The first-order chi connectivity index (χ1) is 10.7. The van der Waals surface area contributed by atoms with Crippen molar-refractivity contribution in [2.24, 2.45) is 0 Å². The molecule has 2 rings (SSSR count). The third kappa shape index (κ3) is 5.38. The van der Waals surface area contributed by atoms with Crippen LogP contribution in [0.4, 0.5) is 23.2 Å². The minimum absolute atomic E-state index is 0.162. The number of nitrogens with one attached hydrogen (secondary N) is 1. The molecule has 8 heteroatoms. The lowest BCUT2D eigenvalue weighted by Gasteiger charge is -2.31. The fourth-order valence-electron chi connectivity index (χ4n) is 2.47. The molecule has 1 fully saturated rings. The Morgan fingerprint density at radius 3 is 2.52 bits per heavy atom. The maximum absolute atomic E-state index is 14.1. The van der Waals surface area contributed by atoms with Crippen LogP contribution in [-0.2, 0) is 11.3 Å². The van der Waals surface area contributed by atoms with Crippen LogP contribution in [-0.4, -0.2) is 36.4 Å². The first kappa shape index (κ1) is 17.5. The Morgan fingerprint density at radius 1 is 1.30 bits per heavy atom. The van der Waals surface area contributed by atoms with Crippen LogP contribution in [0.3, 0.4) is 0 Å². The minimum atomic E-state index is -4.56. The first-order valence-corrected chi connectivity index (χ1v) is 7.29. The van der Waals surface area contributed by atoms with E-state index < -0.39 is 24.3 Å². The summed E-state index contributed by atoms with van der Waals surface area (Å²) < 4.78 is 50.2. The van der Waals surface area contributed by atoms with E-state index in [1.54, 1.807) is 6.07 Å². The number of piperidine rings is 1. The fourth-order valence-corrected chi connectivity index (χ4v) is 2.47. The molecule has 0 atom stereocenters. The first-order valence-electron chi connectivity index (χ1n) is 7.29. The number of halogens is 4. The van der Waals surface area contributed by atoms with Crippen LogP contribution in [0.1, 0.15) is 24.8 Å². The van der Waals surface area contributed by atoms with E-state index in [1.165, 1.54) is 12.1 Å². The number of hydrogen-bond acceptors (Lipinski definition) is 3. The van der Waals surface area contributed by atoms with Gasteiger partial charge < -0.3 is 15.3 Å². The predicted octanol–water partition coefficient (Wildman–Crippen LogP) is 2.36. The van der Waals surface area contributed by atoms with Gasteiger partial charge in [-0.1, -0.05) is 6.07 Å². The second-order valence-electron chi connectivity index (χ2n) is 5.57. The molecule has 2 N–H and O–H groups in total. The number of aliphatic hydroxyl groups excluding tert-OH is 1. The molecule has 1 aliphatic rings. The summed E-state index contributed by atoms with van der Waals surface area (Å²) in [5.74, 6) is -1.64. The summed E-state index contributed by atoms with van der Waals surface area (Å²) in [4.78, 5) is 12.9. The Hall–Kier alpha value is -1.83. The average molecular weight is 334 g/mol.